The first-order valence-electron chi connectivity index (χ1n) is 5.37. The topological polar surface area (TPSA) is 82.2 Å². The van der Waals surface area contributed by atoms with E-state index in [4.69, 9.17) is 11.0 Å². The molecule has 0 bridgehead atoms. The molecule has 0 aliphatic carbocycles. The molecule has 0 saturated heterocycles. The minimum Gasteiger partial charge on any atom is -0.399 e. The highest BCUT2D eigenvalue weighted by Crippen LogP contribution is 2.22. The zero-order valence-electron chi connectivity index (χ0n) is 10.0. The fraction of sp³-hybridized carbons (Fsp3) is 0.333. The van der Waals surface area contributed by atoms with Crippen molar-refractivity contribution in [2.24, 2.45) is 0 Å². The van der Waals surface area contributed by atoms with Crippen molar-refractivity contribution in [1.82, 2.24) is 5.32 Å². The summed E-state index contributed by atoms with van der Waals surface area (Å²) in [6.45, 7) is 2.80. The summed E-state index contributed by atoms with van der Waals surface area (Å²) in [5, 5.41) is 11.6. The molecule has 0 radical (unpaired) electrons. The largest absolute Gasteiger partial charge is 0.399 e. The molecule has 0 spiro atoms. The van der Waals surface area contributed by atoms with Crippen LogP contribution in [0.25, 0.3) is 0 Å². The van der Waals surface area contributed by atoms with Crippen molar-refractivity contribution < 1.29 is 4.79 Å². The summed E-state index contributed by atoms with van der Waals surface area (Å²) in [5.41, 5.74) is 7.38. The number of rotatable bonds is 4. The third-order valence-corrected chi connectivity index (χ3v) is 2.48. The molecule has 0 unspecified atom stereocenters. The van der Waals surface area contributed by atoms with Crippen LogP contribution in [-0.4, -0.2) is 26.0 Å². The first-order chi connectivity index (χ1) is 8.12. The minimum atomic E-state index is -0.0902. The van der Waals surface area contributed by atoms with Gasteiger partial charge in [-0.05, 0) is 25.1 Å². The molecule has 0 aliphatic rings. The van der Waals surface area contributed by atoms with Crippen molar-refractivity contribution in [3.63, 3.8) is 0 Å². The van der Waals surface area contributed by atoms with E-state index in [1.54, 1.807) is 25.2 Å². The monoisotopic (exact) mass is 232 g/mol. The molecule has 5 heteroatoms. The number of nitriles is 1. The maximum absolute atomic E-state index is 11.4. The number of carbonyl (C=O) groups excluding carboxylic acids is 1. The number of likely N-dealkylation sites (N-methyl/N-ethyl adjacent to an activating group) is 2. The van der Waals surface area contributed by atoms with Crippen LogP contribution < -0.4 is 16.0 Å². The van der Waals surface area contributed by atoms with Gasteiger partial charge in [-0.2, -0.15) is 5.26 Å². The van der Waals surface area contributed by atoms with Crippen LogP contribution in [-0.2, 0) is 4.79 Å². The highest BCUT2D eigenvalue weighted by atomic mass is 16.1. The Morgan fingerprint density at radius 1 is 1.59 bits per heavy atom. The van der Waals surface area contributed by atoms with Crippen molar-refractivity contribution in [2.75, 3.05) is 30.8 Å². The Morgan fingerprint density at radius 2 is 2.29 bits per heavy atom. The minimum absolute atomic E-state index is 0.0902. The van der Waals surface area contributed by atoms with Crippen LogP contribution in [0.15, 0.2) is 18.2 Å². The molecule has 1 aromatic rings. The van der Waals surface area contributed by atoms with Gasteiger partial charge in [-0.25, -0.2) is 0 Å². The highest BCUT2D eigenvalue weighted by Gasteiger charge is 2.12. The number of amides is 1. The van der Waals surface area contributed by atoms with Crippen LogP contribution in [0.1, 0.15) is 12.5 Å². The molecule has 0 aromatic heterocycles. The fourth-order valence-electron chi connectivity index (χ4n) is 1.54. The Hall–Kier alpha value is -2.22. The van der Waals surface area contributed by atoms with Crippen molar-refractivity contribution in [1.29, 1.82) is 5.26 Å². The number of benzene rings is 1. The summed E-state index contributed by atoms with van der Waals surface area (Å²) < 4.78 is 0. The van der Waals surface area contributed by atoms with Gasteiger partial charge in [0.1, 0.15) is 6.07 Å². The first-order valence-corrected chi connectivity index (χ1v) is 5.37. The Kier molecular flexibility index (Phi) is 4.35. The van der Waals surface area contributed by atoms with E-state index in [0.717, 1.165) is 5.69 Å². The van der Waals surface area contributed by atoms with Crippen LogP contribution in [0.5, 0.6) is 0 Å². The van der Waals surface area contributed by atoms with Gasteiger partial charge < -0.3 is 16.0 Å². The summed E-state index contributed by atoms with van der Waals surface area (Å²) >= 11 is 0. The van der Waals surface area contributed by atoms with E-state index in [1.165, 1.54) is 0 Å². The van der Waals surface area contributed by atoms with Gasteiger partial charge in [-0.15, -0.1) is 0 Å². The Balaban J connectivity index is 3.04. The van der Waals surface area contributed by atoms with E-state index < -0.39 is 0 Å². The predicted octanol–water partition coefficient (Wildman–Crippen LogP) is 0.713. The predicted molar refractivity (Wildman–Crippen MR) is 67.5 cm³/mol. The average Bonchev–Trinajstić information content (AvgIpc) is 2.35. The van der Waals surface area contributed by atoms with Gasteiger partial charge in [0.15, 0.2) is 0 Å². The lowest BCUT2D eigenvalue weighted by Crippen LogP contribution is -2.35. The normalized spacial score (nSPS) is 9.47. The molecule has 5 nitrogen and oxygen atoms in total. The highest BCUT2D eigenvalue weighted by molar-refractivity contribution is 5.82. The summed E-state index contributed by atoms with van der Waals surface area (Å²) in [6, 6.07) is 7.19. The van der Waals surface area contributed by atoms with Crippen LogP contribution in [0.2, 0.25) is 0 Å². The van der Waals surface area contributed by atoms with E-state index in [1.807, 2.05) is 11.8 Å². The quantitative estimate of drug-likeness (QED) is 0.749. The number of carbonyl (C=O) groups is 1. The van der Waals surface area contributed by atoms with Gasteiger partial charge in [0.05, 0.1) is 17.8 Å². The molecule has 17 heavy (non-hydrogen) atoms. The van der Waals surface area contributed by atoms with Crippen molar-refractivity contribution >= 4 is 17.3 Å². The van der Waals surface area contributed by atoms with Crippen molar-refractivity contribution in [2.45, 2.75) is 6.92 Å². The number of nitrogen functional groups attached to an aromatic ring is 1. The number of anilines is 2. The van der Waals surface area contributed by atoms with Crippen LogP contribution in [0.4, 0.5) is 11.4 Å². The molecule has 0 heterocycles. The molecular weight excluding hydrogens is 216 g/mol. The van der Waals surface area contributed by atoms with Gasteiger partial charge in [-0.3, -0.25) is 4.79 Å². The molecular formula is C12H16N4O. The third-order valence-electron chi connectivity index (χ3n) is 2.48. The number of hydrogen-bond donors (Lipinski definition) is 2. The fourth-order valence-corrected chi connectivity index (χ4v) is 1.54. The summed E-state index contributed by atoms with van der Waals surface area (Å²) in [6.07, 6.45) is 0. The Morgan fingerprint density at radius 3 is 2.82 bits per heavy atom. The standard InChI is InChI=1S/C12H16N4O/c1-3-16(8-12(17)15-2)11-5-4-10(14)6-9(11)7-13/h4-6H,3,8,14H2,1-2H3,(H,15,17). The van der Waals surface area contributed by atoms with E-state index in [-0.39, 0.29) is 12.5 Å². The van der Waals surface area contributed by atoms with E-state index in [0.29, 0.717) is 17.8 Å². The molecule has 3 N–H and O–H groups in total. The molecule has 0 aliphatic heterocycles. The smallest absolute Gasteiger partial charge is 0.239 e. The van der Waals surface area contributed by atoms with E-state index >= 15 is 0 Å². The zero-order chi connectivity index (χ0) is 12.8. The van der Waals surface area contributed by atoms with Gasteiger partial charge in [0.25, 0.3) is 0 Å². The number of nitrogens with two attached hydrogens (primary N) is 1. The molecule has 0 saturated carbocycles. The summed E-state index contributed by atoms with van der Waals surface area (Å²) in [4.78, 5) is 13.2. The van der Waals surface area contributed by atoms with Gasteiger partial charge in [-0.1, -0.05) is 0 Å². The maximum atomic E-state index is 11.4. The van der Waals surface area contributed by atoms with Gasteiger partial charge >= 0.3 is 0 Å². The molecule has 1 aromatic carbocycles. The average molecular weight is 232 g/mol. The summed E-state index contributed by atoms with van der Waals surface area (Å²) in [7, 11) is 1.59. The van der Waals surface area contributed by atoms with Crippen LogP contribution in [0, 0.1) is 11.3 Å². The number of nitrogens with one attached hydrogen (secondary N) is 1. The first kappa shape index (κ1) is 12.8. The van der Waals surface area contributed by atoms with E-state index in [9.17, 15) is 4.79 Å². The van der Waals surface area contributed by atoms with Crippen LogP contribution >= 0.6 is 0 Å². The zero-order valence-corrected chi connectivity index (χ0v) is 10.0. The van der Waals surface area contributed by atoms with Gasteiger partial charge in [0.2, 0.25) is 5.91 Å². The lowest BCUT2D eigenvalue weighted by molar-refractivity contribution is -0.119. The molecule has 1 amide bonds. The SMILES string of the molecule is CCN(CC(=O)NC)c1ccc(N)cc1C#N. The Labute approximate surface area is 101 Å². The third kappa shape index (κ3) is 3.11. The number of nitrogens with zero attached hydrogens (tertiary/aromatic N) is 2. The molecule has 90 valence electrons. The second-order valence-corrected chi connectivity index (χ2v) is 3.58. The summed E-state index contributed by atoms with van der Waals surface area (Å²) in [5.74, 6) is -0.0902. The maximum Gasteiger partial charge on any atom is 0.239 e. The number of hydrogen-bond acceptors (Lipinski definition) is 4. The second-order valence-electron chi connectivity index (χ2n) is 3.58. The second kappa shape index (κ2) is 5.75. The lowest BCUT2D eigenvalue weighted by atomic mass is 10.1. The van der Waals surface area contributed by atoms with Crippen molar-refractivity contribution in [3.05, 3.63) is 23.8 Å². The molecule has 0 fully saturated rings. The lowest BCUT2D eigenvalue weighted by Gasteiger charge is -2.23. The molecule has 0 atom stereocenters. The van der Waals surface area contributed by atoms with Gasteiger partial charge in [0, 0.05) is 19.3 Å². The Bertz CT molecular complexity index is 450. The molecule has 1 rings (SSSR count). The van der Waals surface area contributed by atoms with Crippen molar-refractivity contribution in [3.8, 4) is 6.07 Å². The van der Waals surface area contributed by atoms with Crippen LogP contribution in [0.3, 0.4) is 0 Å². The van der Waals surface area contributed by atoms with E-state index in [2.05, 4.69) is 11.4 Å².